The average molecular weight is 506 g/mol. The van der Waals surface area contributed by atoms with E-state index in [9.17, 15) is 36.3 Å². The highest BCUT2D eigenvalue weighted by atomic mass is 32.2. The minimum absolute atomic E-state index is 0.0738. The molecule has 2 heterocycles. The van der Waals surface area contributed by atoms with Crippen LogP contribution in [0.25, 0.3) is 21.5 Å². The number of phenols is 1. The lowest BCUT2D eigenvalue weighted by Crippen LogP contribution is -2.28. The Morgan fingerprint density at radius 1 is 0.800 bits per heavy atom. The molecule has 4 aromatic rings. The van der Waals surface area contributed by atoms with E-state index in [1.165, 1.54) is 32.2 Å². The number of nitrogens with zero attached hydrogens (tertiary/aromatic N) is 2. The number of phenolic OH excluding ortho intramolecular Hbond substituents is 1. The summed E-state index contributed by atoms with van der Waals surface area (Å²) in [6.07, 6.45) is 2.99. The molecular formula is C23H17F3N2O6S. The summed E-state index contributed by atoms with van der Waals surface area (Å²) in [5.41, 5.74) is -4.98. The second-order valence-electron chi connectivity index (χ2n) is 7.28. The van der Waals surface area contributed by atoms with Crippen molar-refractivity contribution in [2.45, 2.75) is 19.4 Å². The van der Waals surface area contributed by atoms with Crippen LogP contribution >= 0.6 is 0 Å². The molecule has 0 radical (unpaired) electrons. The van der Waals surface area contributed by atoms with Crippen molar-refractivity contribution in [3.05, 3.63) is 72.3 Å². The van der Waals surface area contributed by atoms with Crippen molar-refractivity contribution in [3.8, 4) is 11.5 Å². The van der Waals surface area contributed by atoms with Crippen molar-refractivity contribution in [1.29, 1.82) is 0 Å². The van der Waals surface area contributed by atoms with Crippen LogP contribution in [-0.4, -0.2) is 40.6 Å². The zero-order valence-corrected chi connectivity index (χ0v) is 19.0. The van der Waals surface area contributed by atoms with Gasteiger partial charge in [0.15, 0.2) is 11.6 Å². The summed E-state index contributed by atoms with van der Waals surface area (Å²) in [6.45, 7) is 2.75. The van der Waals surface area contributed by atoms with E-state index in [0.29, 0.717) is 16.5 Å². The molecule has 8 nitrogen and oxygen atoms in total. The van der Waals surface area contributed by atoms with Crippen molar-refractivity contribution >= 4 is 43.2 Å². The van der Waals surface area contributed by atoms with Crippen molar-refractivity contribution in [3.63, 3.8) is 0 Å². The van der Waals surface area contributed by atoms with Gasteiger partial charge in [0, 0.05) is 37.0 Å². The molecule has 4 rings (SSSR count). The molecule has 12 heteroatoms. The molecule has 182 valence electrons. The van der Waals surface area contributed by atoms with Crippen molar-refractivity contribution < 1.29 is 40.5 Å². The van der Waals surface area contributed by atoms with Crippen LogP contribution in [0.5, 0.6) is 11.5 Å². The van der Waals surface area contributed by atoms with Gasteiger partial charge in [0.1, 0.15) is 22.9 Å². The molecule has 0 spiro atoms. The second-order valence-corrected chi connectivity index (χ2v) is 8.81. The van der Waals surface area contributed by atoms with Crippen LogP contribution in [0.2, 0.25) is 0 Å². The van der Waals surface area contributed by atoms with Crippen LogP contribution in [0.4, 0.5) is 13.2 Å². The van der Waals surface area contributed by atoms with Crippen LogP contribution in [0.1, 0.15) is 34.8 Å². The molecule has 0 saturated carbocycles. The molecule has 2 aromatic heterocycles. The maximum absolute atomic E-state index is 12.2. The summed E-state index contributed by atoms with van der Waals surface area (Å²) in [4.78, 5) is 30.1. The molecule has 0 fully saturated rings. The predicted molar refractivity (Wildman–Crippen MR) is 121 cm³/mol. The minimum atomic E-state index is -5.73. The number of fused-ring (bicyclic) bond motifs is 2. The number of halogens is 3. The summed E-state index contributed by atoms with van der Waals surface area (Å²) >= 11 is 0. The Bertz CT molecular complexity index is 1550. The molecule has 1 N–H and O–H groups in total. The number of carbonyl (C=O) groups excluding carboxylic acids is 2. The average Bonchev–Trinajstić information content (AvgIpc) is 2.77. The van der Waals surface area contributed by atoms with Gasteiger partial charge in [-0.2, -0.15) is 21.6 Å². The molecule has 0 aliphatic rings. The number of benzene rings is 2. The Hall–Kier alpha value is -4.06. The van der Waals surface area contributed by atoms with E-state index in [2.05, 4.69) is 14.2 Å². The molecule has 0 bridgehead atoms. The maximum atomic E-state index is 12.2. The zero-order chi connectivity index (χ0) is 26.0. The van der Waals surface area contributed by atoms with Gasteiger partial charge < -0.3 is 9.29 Å². The van der Waals surface area contributed by atoms with Gasteiger partial charge in [0.25, 0.3) is 0 Å². The smallest absolute Gasteiger partial charge is 0.508 e. The number of hydrogen-bond acceptors (Lipinski definition) is 8. The third-order valence-corrected chi connectivity index (χ3v) is 5.59. The fraction of sp³-hybridized carbons (Fsp3) is 0.130. The molecule has 0 aliphatic carbocycles. The molecule has 0 saturated heterocycles. The second kappa shape index (κ2) is 9.66. The summed E-state index contributed by atoms with van der Waals surface area (Å²) in [5.74, 6) is -0.708. The van der Waals surface area contributed by atoms with Crippen molar-refractivity contribution in [2.75, 3.05) is 0 Å². The van der Waals surface area contributed by atoms with Crippen LogP contribution in [0.15, 0.2) is 60.9 Å². The Labute approximate surface area is 197 Å². The quantitative estimate of drug-likeness (QED) is 0.238. The van der Waals surface area contributed by atoms with E-state index in [1.54, 1.807) is 30.5 Å². The minimum Gasteiger partial charge on any atom is -0.508 e. The van der Waals surface area contributed by atoms with Gasteiger partial charge in [-0.25, -0.2) is 0 Å². The lowest BCUT2D eigenvalue weighted by molar-refractivity contribution is -0.0500. The normalized spacial score (nSPS) is 11.6. The molecule has 0 aliphatic heterocycles. The summed E-state index contributed by atoms with van der Waals surface area (Å²) < 4.78 is 62.6. The van der Waals surface area contributed by atoms with E-state index in [1.807, 2.05) is 0 Å². The number of alkyl halides is 3. The Morgan fingerprint density at radius 3 is 1.77 bits per heavy atom. The topological polar surface area (TPSA) is 124 Å². The molecule has 0 unspecified atom stereocenters. The number of hydrogen-bond donors (Lipinski definition) is 1. The number of pyridine rings is 2. The van der Waals surface area contributed by atoms with E-state index in [0.717, 1.165) is 22.9 Å². The molecule has 0 amide bonds. The van der Waals surface area contributed by atoms with Gasteiger partial charge in [-0.1, -0.05) is 0 Å². The van der Waals surface area contributed by atoms with E-state index in [4.69, 9.17) is 0 Å². The molecule has 0 atom stereocenters. The van der Waals surface area contributed by atoms with Gasteiger partial charge in [-0.15, -0.1) is 0 Å². The largest absolute Gasteiger partial charge is 0.534 e. The third-order valence-electron chi connectivity index (χ3n) is 4.61. The summed E-state index contributed by atoms with van der Waals surface area (Å²) in [5, 5.41) is 11.9. The van der Waals surface area contributed by atoms with Gasteiger partial charge in [-0.05, 0) is 59.3 Å². The fourth-order valence-electron chi connectivity index (χ4n) is 2.86. The molecular weight excluding hydrogens is 489 g/mol. The van der Waals surface area contributed by atoms with Gasteiger partial charge in [-0.3, -0.25) is 19.6 Å². The summed E-state index contributed by atoms with van der Waals surface area (Å²) in [6, 6.07) is 11.5. The van der Waals surface area contributed by atoms with Crippen LogP contribution < -0.4 is 4.18 Å². The standard InChI is InChI=1S/C12H8F3NO4S.C11H9NO2/c1-7(17)11-5-9-4-10(3-2-8(9)6-16-11)20-21(18,19)12(13,14)15;1-7(13)11-5-9-4-10(14)3-2-8(9)6-12-11/h2-6H,1H3;2-6,14H,1H3. The monoisotopic (exact) mass is 506 g/mol. The number of rotatable bonds is 4. The van der Waals surface area contributed by atoms with E-state index in [-0.39, 0.29) is 23.0 Å². The highest BCUT2D eigenvalue weighted by Gasteiger charge is 2.48. The summed E-state index contributed by atoms with van der Waals surface area (Å²) in [7, 11) is -5.73. The van der Waals surface area contributed by atoms with Crippen molar-refractivity contribution in [2.24, 2.45) is 0 Å². The maximum Gasteiger partial charge on any atom is 0.534 e. The Balaban J connectivity index is 0.000000211. The third kappa shape index (κ3) is 6.09. The van der Waals surface area contributed by atoms with Crippen LogP contribution in [0, 0.1) is 0 Å². The van der Waals surface area contributed by atoms with E-state index >= 15 is 0 Å². The Morgan fingerprint density at radius 2 is 1.29 bits per heavy atom. The first-order chi connectivity index (χ1) is 16.3. The number of ketones is 2. The molecule has 35 heavy (non-hydrogen) atoms. The van der Waals surface area contributed by atoms with Crippen LogP contribution in [-0.2, 0) is 10.1 Å². The molecule has 2 aromatic carbocycles. The fourth-order valence-corrected chi connectivity index (χ4v) is 3.31. The highest BCUT2D eigenvalue weighted by molar-refractivity contribution is 7.88. The number of Topliss-reactive ketones (excluding diaryl/α,β-unsaturated/α-hetero) is 2. The lowest BCUT2D eigenvalue weighted by atomic mass is 10.1. The van der Waals surface area contributed by atoms with Gasteiger partial charge >= 0.3 is 15.6 Å². The van der Waals surface area contributed by atoms with E-state index < -0.39 is 21.4 Å². The predicted octanol–water partition coefficient (Wildman–Crippen LogP) is 4.81. The van der Waals surface area contributed by atoms with Gasteiger partial charge in [0.05, 0.1) is 0 Å². The lowest BCUT2D eigenvalue weighted by Gasteiger charge is -2.10. The zero-order valence-electron chi connectivity index (χ0n) is 18.2. The first-order valence-electron chi connectivity index (χ1n) is 9.78. The number of carbonyl (C=O) groups is 2. The van der Waals surface area contributed by atoms with Crippen LogP contribution in [0.3, 0.4) is 0 Å². The van der Waals surface area contributed by atoms with Gasteiger partial charge in [0.2, 0.25) is 0 Å². The Kier molecular flexibility index (Phi) is 7.06. The highest BCUT2D eigenvalue weighted by Crippen LogP contribution is 2.29. The first kappa shape index (κ1) is 25.6. The van der Waals surface area contributed by atoms with Crippen molar-refractivity contribution in [1.82, 2.24) is 9.97 Å². The SMILES string of the molecule is CC(=O)c1cc2cc(O)ccc2cn1.CC(=O)c1cc2cc(OS(=O)(=O)C(F)(F)F)ccc2cn1. The number of aromatic hydroxyl groups is 1. The first-order valence-corrected chi connectivity index (χ1v) is 11.2. The number of aromatic nitrogens is 2.